The Morgan fingerprint density at radius 1 is 1.10 bits per heavy atom. The molecule has 0 atom stereocenters. The second kappa shape index (κ2) is 3.38. The Kier molecular flexibility index (Phi) is 1.74. The van der Waals surface area contributed by atoms with Crippen LogP contribution in [0.4, 0.5) is 5.69 Å². The van der Waals surface area contributed by atoms with E-state index < -0.39 is 0 Å². The summed E-state index contributed by atoms with van der Waals surface area (Å²) in [7, 11) is 0. The first kappa shape index (κ1) is 10.8. The Morgan fingerprint density at radius 2 is 1.90 bits per heavy atom. The van der Waals surface area contributed by atoms with Gasteiger partial charge < -0.3 is 19.9 Å². The first-order valence-electron chi connectivity index (χ1n) is 6.57. The molecule has 1 amide bonds. The van der Waals surface area contributed by atoms with Crippen molar-refractivity contribution in [2.45, 2.75) is 0 Å². The maximum atomic E-state index is 12.2. The molecule has 0 fully saturated rings. The summed E-state index contributed by atoms with van der Waals surface area (Å²) in [6.07, 6.45) is 0. The molecule has 2 N–H and O–H groups in total. The minimum atomic E-state index is -0.318. The van der Waals surface area contributed by atoms with Crippen molar-refractivity contribution in [2.24, 2.45) is 0 Å². The van der Waals surface area contributed by atoms with Crippen LogP contribution in [0, 0.1) is 0 Å². The second-order valence-electron chi connectivity index (χ2n) is 5.14. The van der Waals surface area contributed by atoms with Crippen molar-refractivity contribution < 1.29 is 19.4 Å². The minimum Gasteiger partial charge on any atom is -0.504 e. The van der Waals surface area contributed by atoms with Crippen LogP contribution in [0.15, 0.2) is 30.3 Å². The lowest BCUT2D eigenvalue weighted by Gasteiger charge is -2.10. The molecule has 2 aliphatic heterocycles. The second-order valence-corrected chi connectivity index (χ2v) is 5.14. The highest BCUT2D eigenvalue weighted by Gasteiger charge is 2.34. The molecule has 5 heteroatoms. The van der Waals surface area contributed by atoms with Gasteiger partial charge in [0.25, 0.3) is 5.91 Å². The van der Waals surface area contributed by atoms with Crippen LogP contribution in [0.3, 0.4) is 0 Å². The topological polar surface area (TPSA) is 67.8 Å². The van der Waals surface area contributed by atoms with Gasteiger partial charge in [-0.15, -0.1) is 0 Å². The van der Waals surface area contributed by atoms with Crippen LogP contribution in [0.25, 0.3) is 21.5 Å². The lowest BCUT2D eigenvalue weighted by Crippen LogP contribution is -2.04. The van der Waals surface area contributed by atoms with Crippen molar-refractivity contribution in [3.8, 4) is 17.2 Å². The first-order valence-corrected chi connectivity index (χ1v) is 6.57. The molecular weight excluding hydrogens is 270 g/mol. The molecular formula is C16H9NO4. The number of fused-ring (bicyclic) bond motifs is 4. The highest BCUT2D eigenvalue weighted by atomic mass is 16.7. The molecule has 0 unspecified atom stereocenters. The Hall–Kier alpha value is -2.95. The molecule has 5 nitrogen and oxygen atoms in total. The lowest BCUT2D eigenvalue weighted by atomic mass is 9.96. The van der Waals surface area contributed by atoms with Crippen LogP contribution in [0.5, 0.6) is 17.2 Å². The van der Waals surface area contributed by atoms with Crippen molar-refractivity contribution in [3.05, 3.63) is 35.9 Å². The fourth-order valence-electron chi connectivity index (χ4n) is 3.22. The zero-order valence-corrected chi connectivity index (χ0v) is 10.8. The number of anilines is 1. The van der Waals surface area contributed by atoms with Gasteiger partial charge >= 0.3 is 0 Å². The summed E-state index contributed by atoms with van der Waals surface area (Å²) < 4.78 is 10.9. The number of benzene rings is 3. The lowest BCUT2D eigenvalue weighted by molar-refractivity contribution is 0.102. The van der Waals surface area contributed by atoms with Gasteiger partial charge in [0.05, 0.1) is 11.3 Å². The van der Waals surface area contributed by atoms with Gasteiger partial charge in [-0.2, -0.15) is 0 Å². The molecule has 5 rings (SSSR count). The molecule has 0 saturated heterocycles. The molecule has 102 valence electrons. The number of phenols is 1. The number of hydrogen-bond donors (Lipinski definition) is 2. The third-order valence-electron chi connectivity index (χ3n) is 4.07. The van der Waals surface area contributed by atoms with Gasteiger partial charge in [-0.3, -0.25) is 4.79 Å². The maximum Gasteiger partial charge on any atom is 0.260 e. The van der Waals surface area contributed by atoms with E-state index in [1.165, 1.54) is 0 Å². The van der Waals surface area contributed by atoms with Crippen LogP contribution >= 0.6 is 0 Å². The smallest absolute Gasteiger partial charge is 0.260 e. The molecule has 0 spiro atoms. The standard InChI is InChI=1S/C16H9NO4/c18-13-12-11-9(17-16(12)19)5-7-3-1-2-4-8(7)10(11)14-15(13)21-6-20-14/h1-5,18H,6H2,(H,17,19). The summed E-state index contributed by atoms with van der Waals surface area (Å²) in [5.41, 5.74) is 0.951. The average Bonchev–Trinajstić information content (AvgIpc) is 3.08. The van der Waals surface area contributed by atoms with Crippen molar-refractivity contribution in [1.29, 1.82) is 0 Å². The van der Waals surface area contributed by atoms with Crippen LogP contribution in [-0.4, -0.2) is 17.8 Å². The maximum absolute atomic E-state index is 12.2. The van der Waals surface area contributed by atoms with Gasteiger partial charge in [0.15, 0.2) is 11.5 Å². The van der Waals surface area contributed by atoms with Crippen LogP contribution in [0.1, 0.15) is 10.4 Å². The summed E-state index contributed by atoms with van der Waals surface area (Å²) in [5, 5.41) is 16.6. The minimum absolute atomic E-state index is 0.0433. The van der Waals surface area contributed by atoms with E-state index in [4.69, 9.17) is 9.47 Å². The number of carbonyl (C=O) groups excluding carboxylic acids is 1. The van der Waals surface area contributed by atoms with Gasteiger partial charge in [0.1, 0.15) is 0 Å². The molecule has 2 aliphatic rings. The normalized spacial score (nSPS) is 15.0. The molecule has 0 radical (unpaired) electrons. The molecule has 0 bridgehead atoms. The molecule has 0 saturated carbocycles. The molecule has 0 aliphatic carbocycles. The average molecular weight is 279 g/mol. The number of carbonyl (C=O) groups is 1. The van der Waals surface area contributed by atoms with E-state index in [2.05, 4.69) is 5.32 Å². The monoisotopic (exact) mass is 279 g/mol. The third kappa shape index (κ3) is 1.15. The number of ether oxygens (including phenoxy) is 2. The Bertz CT molecular complexity index is 977. The van der Waals surface area contributed by atoms with Gasteiger partial charge in [0, 0.05) is 10.8 Å². The van der Waals surface area contributed by atoms with Gasteiger partial charge in [0.2, 0.25) is 12.5 Å². The van der Waals surface area contributed by atoms with Crippen molar-refractivity contribution in [2.75, 3.05) is 12.1 Å². The number of amides is 1. The van der Waals surface area contributed by atoms with E-state index in [1.54, 1.807) is 0 Å². The van der Waals surface area contributed by atoms with Gasteiger partial charge in [-0.25, -0.2) is 0 Å². The Labute approximate surface area is 118 Å². The van der Waals surface area contributed by atoms with Crippen LogP contribution in [-0.2, 0) is 0 Å². The summed E-state index contributed by atoms with van der Waals surface area (Å²) >= 11 is 0. The quantitative estimate of drug-likeness (QED) is 0.621. The summed E-state index contributed by atoms with van der Waals surface area (Å²) in [6.45, 7) is 0.0433. The molecule has 2 heterocycles. The SMILES string of the molecule is O=C1Nc2cc3ccccc3c3c4c(c(O)c1c23)OCO4. The number of nitrogens with one attached hydrogen (secondary N) is 1. The predicted octanol–water partition coefficient (Wildman–Crippen LogP) is 2.99. The highest BCUT2D eigenvalue weighted by molar-refractivity contribution is 6.32. The van der Waals surface area contributed by atoms with Crippen molar-refractivity contribution in [3.63, 3.8) is 0 Å². The highest BCUT2D eigenvalue weighted by Crippen LogP contribution is 2.54. The number of rotatable bonds is 0. The fraction of sp³-hybridized carbons (Fsp3) is 0.0625. The molecule has 21 heavy (non-hydrogen) atoms. The van der Waals surface area contributed by atoms with E-state index in [0.717, 1.165) is 16.2 Å². The number of aromatic hydroxyl groups is 1. The molecule has 3 aromatic carbocycles. The summed E-state index contributed by atoms with van der Waals surface area (Å²) in [5.74, 6) is 0.278. The summed E-state index contributed by atoms with van der Waals surface area (Å²) in [6, 6.07) is 9.73. The van der Waals surface area contributed by atoms with Crippen molar-refractivity contribution >= 4 is 33.1 Å². The van der Waals surface area contributed by atoms with Crippen LogP contribution < -0.4 is 14.8 Å². The Morgan fingerprint density at radius 3 is 2.81 bits per heavy atom. The first-order chi connectivity index (χ1) is 10.3. The van der Waals surface area contributed by atoms with Crippen molar-refractivity contribution in [1.82, 2.24) is 0 Å². The third-order valence-corrected chi connectivity index (χ3v) is 4.07. The summed E-state index contributed by atoms with van der Waals surface area (Å²) in [4.78, 5) is 12.2. The van der Waals surface area contributed by atoms with E-state index in [1.807, 2.05) is 30.3 Å². The largest absolute Gasteiger partial charge is 0.504 e. The number of hydrogen-bond acceptors (Lipinski definition) is 4. The van der Waals surface area contributed by atoms with E-state index >= 15 is 0 Å². The van der Waals surface area contributed by atoms with Crippen LogP contribution in [0.2, 0.25) is 0 Å². The Balaban J connectivity index is 2.15. The zero-order valence-electron chi connectivity index (χ0n) is 10.8. The van der Waals surface area contributed by atoms with Gasteiger partial charge in [-0.1, -0.05) is 24.3 Å². The molecule has 3 aromatic rings. The van der Waals surface area contributed by atoms with E-state index in [9.17, 15) is 9.90 Å². The van der Waals surface area contributed by atoms with E-state index in [0.29, 0.717) is 16.8 Å². The predicted molar refractivity (Wildman–Crippen MR) is 77.2 cm³/mol. The number of phenolic OH excluding ortho intramolecular Hbond substituents is 1. The zero-order chi connectivity index (χ0) is 14.1. The molecule has 0 aromatic heterocycles. The van der Waals surface area contributed by atoms with E-state index in [-0.39, 0.29) is 29.8 Å². The van der Waals surface area contributed by atoms with Gasteiger partial charge in [-0.05, 0) is 16.8 Å². The fourth-order valence-corrected chi connectivity index (χ4v) is 3.22.